The van der Waals surface area contributed by atoms with Gasteiger partial charge in [-0.2, -0.15) is 0 Å². The second-order valence-electron chi connectivity index (χ2n) is 12.2. The molecule has 0 aromatic heterocycles. The maximum atomic E-state index is 13.2. The van der Waals surface area contributed by atoms with E-state index in [2.05, 4.69) is 44.5 Å². The minimum atomic E-state index is 0.274. The summed E-state index contributed by atoms with van der Waals surface area (Å²) < 4.78 is 0. The van der Waals surface area contributed by atoms with Crippen LogP contribution in [-0.2, 0) is 9.59 Å². The Bertz CT molecular complexity index is 708. The highest BCUT2D eigenvalue weighted by Crippen LogP contribution is 2.65. The Morgan fingerprint density at radius 2 is 1.72 bits per heavy atom. The first-order valence-electron chi connectivity index (χ1n) is 13.8. The third-order valence-corrected chi connectivity index (χ3v) is 10.7. The summed E-state index contributed by atoms with van der Waals surface area (Å²) in [5.41, 5.74) is 0.556. The van der Waals surface area contributed by atoms with Gasteiger partial charge in [-0.15, -0.1) is 0 Å². The number of likely N-dealkylation sites (tertiary alicyclic amines) is 1. The summed E-state index contributed by atoms with van der Waals surface area (Å²) in [6, 6.07) is 0.869. The molecule has 0 bridgehead atoms. The van der Waals surface area contributed by atoms with Gasteiger partial charge in [-0.3, -0.25) is 9.59 Å². The molecule has 3 unspecified atom stereocenters. The number of hydrogen-bond donors (Lipinski definition) is 0. The number of rotatable bonds is 7. The van der Waals surface area contributed by atoms with Gasteiger partial charge >= 0.3 is 0 Å². The van der Waals surface area contributed by atoms with E-state index in [4.69, 9.17) is 0 Å². The van der Waals surface area contributed by atoms with Crippen molar-refractivity contribution in [2.24, 2.45) is 28.6 Å². The van der Waals surface area contributed by atoms with Crippen molar-refractivity contribution < 1.29 is 9.59 Å². The second kappa shape index (κ2) is 9.29. The smallest absolute Gasteiger partial charge is 0.222 e. The maximum absolute atomic E-state index is 13.2. The first-order valence-corrected chi connectivity index (χ1v) is 13.8. The van der Waals surface area contributed by atoms with Crippen molar-refractivity contribution in [3.63, 3.8) is 0 Å². The topological polar surface area (TPSA) is 40.6 Å². The minimum Gasteiger partial charge on any atom is -0.342 e. The highest BCUT2D eigenvalue weighted by molar-refractivity contribution is 5.77. The second-order valence-corrected chi connectivity index (χ2v) is 12.2. The van der Waals surface area contributed by atoms with Crippen LogP contribution >= 0.6 is 0 Å². The van der Waals surface area contributed by atoms with Gasteiger partial charge in [0.05, 0.1) is 0 Å². The first kappa shape index (κ1) is 24.1. The lowest BCUT2D eigenvalue weighted by atomic mass is 9.47. The number of piperidine rings is 1. The molecule has 4 heteroatoms. The van der Waals surface area contributed by atoms with Gasteiger partial charge in [0.2, 0.25) is 11.8 Å². The van der Waals surface area contributed by atoms with Crippen LogP contribution in [0.3, 0.4) is 0 Å². The Kier molecular flexibility index (Phi) is 6.99. The average Bonchev–Trinajstić information content (AvgIpc) is 3.11. The van der Waals surface area contributed by atoms with E-state index in [1.807, 2.05) is 0 Å². The van der Waals surface area contributed by atoms with E-state index in [1.54, 1.807) is 0 Å². The minimum absolute atomic E-state index is 0.274. The van der Waals surface area contributed by atoms with Crippen LogP contribution in [0, 0.1) is 28.6 Å². The van der Waals surface area contributed by atoms with Crippen LogP contribution in [0.4, 0.5) is 0 Å². The predicted octanol–water partition coefficient (Wildman–Crippen LogP) is 6.04. The Morgan fingerprint density at radius 3 is 2.44 bits per heavy atom. The summed E-state index contributed by atoms with van der Waals surface area (Å²) in [6.45, 7) is 10.4. The molecule has 1 heterocycles. The van der Waals surface area contributed by atoms with Crippen LogP contribution in [0.15, 0.2) is 0 Å². The molecule has 0 N–H and O–H groups in total. The van der Waals surface area contributed by atoms with Crippen LogP contribution in [0.2, 0.25) is 0 Å². The van der Waals surface area contributed by atoms with Crippen LogP contribution in [-0.4, -0.2) is 47.3 Å². The lowest BCUT2D eigenvalue weighted by Gasteiger charge is -2.62. The van der Waals surface area contributed by atoms with Crippen molar-refractivity contribution >= 4 is 11.8 Å². The molecule has 2 amide bonds. The fourth-order valence-electron chi connectivity index (χ4n) is 8.98. The fraction of sp³-hybridized carbons (Fsp3) is 0.929. The van der Waals surface area contributed by atoms with E-state index in [0.29, 0.717) is 30.3 Å². The van der Waals surface area contributed by atoms with E-state index in [0.717, 1.165) is 50.0 Å². The monoisotopic (exact) mass is 444 g/mol. The number of fused-ring (bicyclic) bond motifs is 5. The highest BCUT2D eigenvalue weighted by atomic mass is 16.2. The van der Waals surface area contributed by atoms with Crippen molar-refractivity contribution in [3.05, 3.63) is 0 Å². The van der Waals surface area contributed by atoms with Gasteiger partial charge in [0.25, 0.3) is 0 Å². The molecular formula is C28H48N2O2. The van der Waals surface area contributed by atoms with Gasteiger partial charge in [0.1, 0.15) is 0 Å². The molecule has 3 aliphatic carbocycles. The van der Waals surface area contributed by atoms with Crippen LogP contribution < -0.4 is 0 Å². The van der Waals surface area contributed by atoms with Gasteiger partial charge in [-0.25, -0.2) is 0 Å². The molecule has 0 aromatic carbocycles. The molecule has 4 fully saturated rings. The number of hydrogen-bond acceptors (Lipinski definition) is 2. The van der Waals surface area contributed by atoms with Crippen LogP contribution in [0.1, 0.15) is 111 Å². The molecule has 0 radical (unpaired) electrons. The SMILES string of the molecule is CCCCCN(C(=O)CCC)[C@H]1CCC2C3CC[C@H]4N(C)C(=O)CC[C@]4(C)C3CC[C@@]21C. The first-order chi connectivity index (χ1) is 15.3. The molecule has 1 saturated heterocycles. The molecular weight excluding hydrogens is 396 g/mol. The number of amides is 2. The van der Waals surface area contributed by atoms with Crippen molar-refractivity contribution in [1.29, 1.82) is 0 Å². The molecule has 3 saturated carbocycles. The molecule has 4 nitrogen and oxygen atoms in total. The number of unbranched alkanes of at least 4 members (excludes halogenated alkanes) is 2. The molecule has 182 valence electrons. The zero-order chi connectivity index (χ0) is 23.1. The van der Waals surface area contributed by atoms with Crippen LogP contribution in [0.25, 0.3) is 0 Å². The normalized spacial score (nSPS) is 41.1. The summed E-state index contributed by atoms with van der Waals surface area (Å²) in [4.78, 5) is 30.1. The molecule has 4 aliphatic rings. The van der Waals surface area contributed by atoms with E-state index in [-0.39, 0.29) is 10.8 Å². The standard InChI is InChI=1S/C28H48N2O2/c1-6-8-9-19-30(26(32)10-7-2)24-14-12-21-20-11-13-23-27(3,18-16-25(31)29(23)5)22(20)15-17-28(21,24)4/h20-24H,6-19H2,1-5H3/t20?,21?,22?,23-,24+,27-,28+/m1/s1. The Labute approximate surface area is 196 Å². The summed E-state index contributed by atoms with van der Waals surface area (Å²) >= 11 is 0. The Balaban J connectivity index is 1.55. The summed E-state index contributed by atoms with van der Waals surface area (Å²) in [7, 11) is 2.05. The van der Waals surface area contributed by atoms with Crippen molar-refractivity contribution in [2.45, 2.75) is 123 Å². The number of nitrogens with zero attached hydrogens (tertiary/aromatic N) is 2. The molecule has 0 aromatic rings. The van der Waals surface area contributed by atoms with Crippen molar-refractivity contribution in [1.82, 2.24) is 9.80 Å². The van der Waals surface area contributed by atoms with E-state index >= 15 is 0 Å². The van der Waals surface area contributed by atoms with Gasteiger partial charge in [-0.05, 0) is 86.4 Å². The zero-order valence-electron chi connectivity index (χ0n) is 21.5. The molecule has 1 aliphatic heterocycles. The van der Waals surface area contributed by atoms with Gasteiger partial charge in [0, 0.05) is 38.5 Å². The Hall–Kier alpha value is -1.06. The van der Waals surface area contributed by atoms with Gasteiger partial charge < -0.3 is 9.80 Å². The van der Waals surface area contributed by atoms with Gasteiger partial charge in [-0.1, -0.05) is 40.5 Å². The van der Waals surface area contributed by atoms with E-state index < -0.39 is 0 Å². The number of carbonyl (C=O) groups excluding carboxylic acids is 2. The highest BCUT2D eigenvalue weighted by Gasteiger charge is 2.62. The molecule has 0 spiro atoms. The van der Waals surface area contributed by atoms with Crippen LogP contribution in [0.5, 0.6) is 0 Å². The largest absolute Gasteiger partial charge is 0.342 e. The predicted molar refractivity (Wildman–Crippen MR) is 130 cm³/mol. The molecule has 7 atom stereocenters. The van der Waals surface area contributed by atoms with Gasteiger partial charge in [0.15, 0.2) is 0 Å². The summed E-state index contributed by atoms with van der Waals surface area (Å²) in [5, 5.41) is 0. The number of carbonyl (C=O) groups is 2. The summed E-state index contributed by atoms with van der Waals surface area (Å²) in [6.07, 6.45) is 14.5. The fourth-order valence-corrected chi connectivity index (χ4v) is 8.98. The summed E-state index contributed by atoms with van der Waals surface area (Å²) in [5.74, 6) is 3.02. The lowest BCUT2D eigenvalue weighted by Crippen LogP contribution is -2.62. The zero-order valence-corrected chi connectivity index (χ0v) is 21.5. The third-order valence-electron chi connectivity index (χ3n) is 10.7. The average molecular weight is 445 g/mol. The van der Waals surface area contributed by atoms with Crippen molar-refractivity contribution in [3.8, 4) is 0 Å². The molecule has 4 rings (SSSR count). The lowest BCUT2D eigenvalue weighted by molar-refractivity contribution is -0.159. The third kappa shape index (κ3) is 3.82. The Morgan fingerprint density at radius 1 is 0.969 bits per heavy atom. The van der Waals surface area contributed by atoms with E-state index in [9.17, 15) is 9.59 Å². The van der Waals surface area contributed by atoms with Crippen molar-refractivity contribution in [2.75, 3.05) is 13.6 Å². The maximum Gasteiger partial charge on any atom is 0.222 e. The quantitative estimate of drug-likeness (QED) is 0.449. The molecule has 32 heavy (non-hydrogen) atoms. The van der Waals surface area contributed by atoms with E-state index in [1.165, 1.54) is 51.4 Å².